The molecule has 3 nitrogen and oxygen atoms in total. The van der Waals surface area contributed by atoms with Crippen molar-refractivity contribution in [2.45, 2.75) is 33.1 Å². The third-order valence-electron chi connectivity index (χ3n) is 8.53. The molecule has 0 saturated carbocycles. The molecule has 2 aromatic heterocycles. The topological polar surface area (TPSA) is 33.6 Å². The second kappa shape index (κ2) is 10.8. The maximum Gasteiger partial charge on any atom is 0.0663 e. The summed E-state index contributed by atoms with van der Waals surface area (Å²) in [5.41, 5.74) is 10.7. The molecule has 0 unspecified atom stereocenters. The summed E-state index contributed by atoms with van der Waals surface area (Å²) in [5, 5.41) is 14.1. The smallest absolute Gasteiger partial charge is 0.0663 e. The summed E-state index contributed by atoms with van der Waals surface area (Å²) >= 11 is 0. The fourth-order valence-electron chi connectivity index (χ4n) is 6.40. The Morgan fingerprint density at radius 3 is 2.00 bits per heavy atom. The quantitative estimate of drug-likeness (QED) is 0.188. The van der Waals surface area contributed by atoms with Gasteiger partial charge < -0.3 is 9.13 Å². The molecule has 0 bridgehead atoms. The van der Waals surface area contributed by atoms with E-state index in [1.807, 2.05) is 6.08 Å². The van der Waals surface area contributed by atoms with E-state index in [2.05, 4.69) is 157 Å². The van der Waals surface area contributed by atoms with Crippen LogP contribution in [0.25, 0.3) is 66.1 Å². The van der Waals surface area contributed by atoms with Crippen LogP contribution < -0.4 is 0 Å². The van der Waals surface area contributed by atoms with Gasteiger partial charge in [-0.2, -0.15) is 5.26 Å². The van der Waals surface area contributed by atoms with Crippen molar-refractivity contribution < 1.29 is 0 Å². The highest BCUT2D eigenvalue weighted by Crippen LogP contribution is 2.39. The van der Waals surface area contributed by atoms with Gasteiger partial charge in [-0.15, -0.1) is 0 Å². The Morgan fingerprint density at radius 2 is 1.30 bits per heavy atom. The number of nitriles is 1. The van der Waals surface area contributed by atoms with Crippen molar-refractivity contribution in [1.29, 1.82) is 5.26 Å². The van der Waals surface area contributed by atoms with Crippen LogP contribution in [-0.4, -0.2) is 9.13 Å². The van der Waals surface area contributed by atoms with Crippen LogP contribution >= 0.6 is 0 Å². The largest absolute Gasteiger partial charge is 0.310 e. The summed E-state index contributed by atoms with van der Waals surface area (Å²) in [6.45, 7) is 6.55. The summed E-state index contributed by atoms with van der Waals surface area (Å²) < 4.78 is 4.68. The van der Waals surface area contributed by atoms with E-state index in [-0.39, 0.29) is 0 Å². The number of allylic oxidation sites excluding steroid dienone is 4. The molecule has 7 rings (SSSR count). The molecule has 0 atom stereocenters. The van der Waals surface area contributed by atoms with Gasteiger partial charge in [-0.05, 0) is 90.2 Å². The molecule has 43 heavy (non-hydrogen) atoms. The lowest BCUT2D eigenvalue weighted by Crippen LogP contribution is -1.95. The van der Waals surface area contributed by atoms with Gasteiger partial charge in [0, 0.05) is 32.9 Å². The lowest BCUT2D eigenvalue weighted by atomic mass is 9.98. The Morgan fingerprint density at radius 1 is 0.698 bits per heavy atom. The Kier molecular flexibility index (Phi) is 6.68. The molecule has 0 spiro atoms. The number of nitrogens with zero attached hydrogens (tertiary/aromatic N) is 3. The second-order valence-corrected chi connectivity index (χ2v) is 11.4. The highest BCUT2D eigenvalue weighted by atomic mass is 15.0. The summed E-state index contributed by atoms with van der Waals surface area (Å²) in [5.74, 6) is 0.437. The number of hydrogen-bond donors (Lipinski definition) is 0. The van der Waals surface area contributed by atoms with Crippen molar-refractivity contribution in [1.82, 2.24) is 9.13 Å². The Labute approximate surface area is 252 Å². The van der Waals surface area contributed by atoms with Crippen molar-refractivity contribution >= 4 is 49.3 Å². The van der Waals surface area contributed by atoms with Gasteiger partial charge in [0.1, 0.15) is 0 Å². The average Bonchev–Trinajstić information content (AvgIpc) is 3.55. The van der Waals surface area contributed by atoms with E-state index >= 15 is 0 Å². The van der Waals surface area contributed by atoms with E-state index in [1.165, 1.54) is 60.5 Å². The van der Waals surface area contributed by atoms with Crippen LogP contribution in [0.5, 0.6) is 0 Å². The van der Waals surface area contributed by atoms with E-state index in [1.54, 1.807) is 0 Å². The second-order valence-electron chi connectivity index (χ2n) is 11.4. The van der Waals surface area contributed by atoms with E-state index < -0.39 is 0 Å². The number of hydrogen-bond acceptors (Lipinski definition) is 1. The first-order valence-electron chi connectivity index (χ1n) is 15.0. The van der Waals surface area contributed by atoms with Crippen LogP contribution in [0, 0.1) is 11.3 Å². The maximum absolute atomic E-state index is 9.10. The summed E-state index contributed by atoms with van der Waals surface area (Å²) in [6.07, 6.45) is 6.50. The first-order chi connectivity index (χ1) is 21.1. The van der Waals surface area contributed by atoms with E-state index in [9.17, 15) is 0 Å². The Hall–Kier alpha value is -5.33. The molecule has 5 aromatic carbocycles. The van der Waals surface area contributed by atoms with Crippen molar-refractivity contribution in [3.8, 4) is 22.9 Å². The first kappa shape index (κ1) is 26.6. The molecule has 0 saturated heterocycles. The zero-order valence-electron chi connectivity index (χ0n) is 24.8. The van der Waals surface area contributed by atoms with Crippen molar-refractivity contribution in [3.63, 3.8) is 0 Å². The average molecular weight is 556 g/mol. The molecule has 0 N–H and O–H groups in total. The van der Waals surface area contributed by atoms with Gasteiger partial charge in [0.25, 0.3) is 0 Å². The third kappa shape index (κ3) is 4.44. The SMILES string of the molecule is C/C=C(\C=C/CC#N)n1c2ccc(-c3ccc4c(c3)c3ccccc3n4-c3ccccc3)cc2c2cc(C(C)C)ccc21. The molecule has 0 aliphatic carbocycles. The zero-order chi connectivity index (χ0) is 29.5. The minimum absolute atomic E-state index is 0.388. The van der Waals surface area contributed by atoms with Gasteiger partial charge in [-0.3, -0.25) is 0 Å². The number of rotatable bonds is 6. The predicted molar refractivity (Wildman–Crippen MR) is 183 cm³/mol. The molecule has 0 fully saturated rings. The Bertz CT molecular complexity index is 2250. The predicted octanol–water partition coefficient (Wildman–Crippen LogP) is 11.0. The third-order valence-corrected chi connectivity index (χ3v) is 8.53. The molecule has 2 heterocycles. The molecule has 0 aliphatic heterocycles. The number of para-hydroxylation sites is 2. The van der Waals surface area contributed by atoms with Gasteiger partial charge in [-0.1, -0.05) is 80.6 Å². The van der Waals surface area contributed by atoms with E-state index in [0.29, 0.717) is 12.3 Å². The highest BCUT2D eigenvalue weighted by Gasteiger charge is 2.17. The van der Waals surface area contributed by atoms with Crippen molar-refractivity contribution in [3.05, 3.63) is 133 Å². The Balaban J connectivity index is 1.45. The maximum atomic E-state index is 9.10. The van der Waals surface area contributed by atoms with Gasteiger partial charge in [0.05, 0.1) is 34.6 Å². The normalized spacial score (nSPS) is 12.4. The fraction of sp³-hybridized carbons (Fsp3) is 0.125. The lowest BCUT2D eigenvalue weighted by molar-refractivity contribution is 0.868. The zero-order valence-corrected chi connectivity index (χ0v) is 24.8. The molecule has 0 aliphatic rings. The standard InChI is InChI=1S/C40H33N3/c1-4-31(12-10-11-23-41)42-39-20-17-28(27(2)3)24-35(39)36-26-30(19-22-40(36)42)29-18-21-38-34(25-29)33-15-8-9-16-37(33)43(38)32-13-6-5-7-14-32/h4-10,12-22,24-27H,11H2,1-3H3/b12-10-,31-4+. The molecular formula is C40H33N3. The van der Waals surface area contributed by atoms with Crippen LogP contribution in [0.4, 0.5) is 0 Å². The molecule has 0 amide bonds. The van der Waals surface area contributed by atoms with Gasteiger partial charge in [0.15, 0.2) is 0 Å². The van der Waals surface area contributed by atoms with Gasteiger partial charge >= 0.3 is 0 Å². The number of fused-ring (bicyclic) bond motifs is 6. The fourth-order valence-corrected chi connectivity index (χ4v) is 6.40. The molecule has 208 valence electrons. The highest BCUT2D eigenvalue weighted by molar-refractivity contribution is 6.13. The van der Waals surface area contributed by atoms with Crippen LogP contribution in [0.2, 0.25) is 0 Å². The monoisotopic (exact) mass is 555 g/mol. The van der Waals surface area contributed by atoms with E-state index in [4.69, 9.17) is 5.26 Å². The minimum Gasteiger partial charge on any atom is -0.310 e. The van der Waals surface area contributed by atoms with Crippen LogP contribution in [0.3, 0.4) is 0 Å². The first-order valence-corrected chi connectivity index (χ1v) is 15.0. The molecule has 0 radical (unpaired) electrons. The summed E-state index contributed by atoms with van der Waals surface area (Å²) in [4.78, 5) is 0. The van der Waals surface area contributed by atoms with Crippen LogP contribution in [0.15, 0.2) is 127 Å². The summed E-state index contributed by atoms with van der Waals surface area (Å²) in [7, 11) is 0. The minimum atomic E-state index is 0.388. The lowest BCUT2D eigenvalue weighted by Gasteiger charge is -2.10. The summed E-state index contributed by atoms with van der Waals surface area (Å²) in [6, 6.07) is 42.0. The van der Waals surface area contributed by atoms with E-state index in [0.717, 1.165) is 11.2 Å². The number of aromatic nitrogens is 2. The van der Waals surface area contributed by atoms with Crippen LogP contribution in [-0.2, 0) is 0 Å². The molecule has 7 aromatic rings. The van der Waals surface area contributed by atoms with Gasteiger partial charge in [0.2, 0.25) is 0 Å². The molecular weight excluding hydrogens is 522 g/mol. The molecule has 3 heteroatoms. The number of benzene rings is 5. The van der Waals surface area contributed by atoms with Gasteiger partial charge in [-0.25, -0.2) is 0 Å². The van der Waals surface area contributed by atoms with Crippen molar-refractivity contribution in [2.75, 3.05) is 0 Å². The van der Waals surface area contributed by atoms with Crippen LogP contribution in [0.1, 0.15) is 38.7 Å². The van der Waals surface area contributed by atoms with Crippen molar-refractivity contribution in [2.24, 2.45) is 0 Å².